The number of carboxylic acids is 1. The Labute approximate surface area is 105 Å². The molecule has 2 rings (SSSR count). The van der Waals surface area contributed by atoms with Crippen molar-refractivity contribution in [3.05, 3.63) is 40.9 Å². The molecule has 1 aliphatic rings. The lowest BCUT2D eigenvalue weighted by Crippen LogP contribution is -2.17. The number of hydrogen-bond donors (Lipinski definition) is 1. The van der Waals surface area contributed by atoms with Gasteiger partial charge in [-0.3, -0.25) is 0 Å². The van der Waals surface area contributed by atoms with Crippen molar-refractivity contribution in [2.24, 2.45) is 0 Å². The Hall–Kier alpha value is -1.48. The predicted octanol–water partition coefficient (Wildman–Crippen LogP) is 3.53. The first-order chi connectivity index (χ1) is 8.16. The summed E-state index contributed by atoms with van der Waals surface area (Å²) in [5.41, 5.74) is 0.108. The third kappa shape index (κ3) is 3.01. The van der Waals surface area contributed by atoms with E-state index in [1.807, 2.05) is 6.08 Å². The van der Waals surface area contributed by atoms with Gasteiger partial charge in [0.05, 0.1) is 0 Å². The van der Waals surface area contributed by atoms with Crippen molar-refractivity contribution < 1.29 is 14.6 Å². The molecule has 1 atom stereocenters. The number of benzene rings is 1. The summed E-state index contributed by atoms with van der Waals surface area (Å²) >= 11 is 5.77. The molecule has 0 spiro atoms. The average molecular weight is 253 g/mol. The molecule has 17 heavy (non-hydrogen) atoms. The normalized spacial score (nSPS) is 19.0. The van der Waals surface area contributed by atoms with Crippen LogP contribution in [-0.4, -0.2) is 17.2 Å². The molecular formula is C13H13ClO3. The van der Waals surface area contributed by atoms with E-state index in [-0.39, 0.29) is 11.7 Å². The quantitative estimate of drug-likeness (QED) is 0.837. The molecule has 1 N–H and O–H groups in total. The second kappa shape index (κ2) is 5.23. The number of carbonyl (C=O) groups is 1. The van der Waals surface area contributed by atoms with Crippen LogP contribution in [-0.2, 0) is 0 Å². The molecule has 1 aliphatic carbocycles. The van der Waals surface area contributed by atoms with E-state index in [4.69, 9.17) is 21.4 Å². The van der Waals surface area contributed by atoms with Crippen molar-refractivity contribution in [2.75, 3.05) is 0 Å². The first-order valence-electron chi connectivity index (χ1n) is 5.53. The third-order valence-corrected chi connectivity index (χ3v) is 2.90. The van der Waals surface area contributed by atoms with Crippen LogP contribution in [0, 0.1) is 0 Å². The first-order valence-corrected chi connectivity index (χ1v) is 5.91. The smallest absolute Gasteiger partial charge is 0.339 e. The Morgan fingerprint density at radius 2 is 2.29 bits per heavy atom. The molecule has 0 aliphatic heterocycles. The Balaban J connectivity index is 2.22. The fourth-order valence-corrected chi connectivity index (χ4v) is 1.99. The number of carboxylic acid groups (broad SMARTS) is 1. The lowest BCUT2D eigenvalue weighted by atomic mass is 10.1. The molecule has 0 radical (unpaired) electrons. The monoisotopic (exact) mass is 252 g/mol. The van der Waals surface area contributed by atoms with Crippen LogP contribution in [0.4, 0.5) is 0 Å². The third-order valence-electron chi connectivity index (χ3n) is 2.66. The van der Waals surface area contributed by atoms with E-state index in [1.165, 1.54) is 6.07 Å². The van der Waals surface area contributed by atoms with Crippen molar-refractivity contribution in [1.29, 1.82) is 0 Å². The molecule has 0 saturated heterocycles. The van der Waals surface area contributed by atoms with E-state index >= 15 is 0 Å². The van der Waals surface area contributed by atoms with Crippen LogP contribution in [0.1, 0.15) is 29.6 Å². The lowest BCUT2D eigenvalue weighted by molar-refractivity contribution is 0.0690. The Morgan fingerprint density at radius 3 is 2.94 bits per heavy atom. The SMILES string of the molecule is O=C(O)c1cc(Cl)ccc1OC1C=CCCC1. The van der Waals surface area contributed by atoms with Crippen LogP contribution in [0.2, 0.25) is 5.02 Å². The zero-order chi connectivity index (χ0) is 12.3. The Morgan fingerprint density at radius 1 is 1.47 bits per heavy atom. The summed E-state index contributed by atoms with van der Waals surface area (Å²) in [5.74, 6) is -0.652. The van der Waals surface area contributed by atoms with Gasteiger partial charge >= 0.3 is 5.97 Å². The molecule has 0 saturated carbocycles. The van der Waals surface area contributed by atoms with Crippen LogP contribution in [0.3, 0.4) is 0 Å². The second-order valence-corrected chi connectivity index (χ2v) is 4.40. The highest BCUT2D eigenvalue weighted by Gasteiger charge is 2.16. The van der Waals surface area contributed by atoms with Crippen molar-refractivity contribution in [2.45, 2.75) is 25.4 Å². The highest BCUT2D eigenvalue weighted by Crippen LogP contribution is 2.26. The number of rotatable bonds is 3. The molecule has 0 bridgehead atoms. The zero-order valence-electron chi connectivity index (χ0n) is 9.23. The molecule has 4 heteroatoms. The minimum absolute atomic E-state index is 0.0389. The largest absolute Gasteiger partial charge is 0.485 e. The minimum Gasteiger partial charge on any atom is -0.485 e. The molecule has 1 aromatic carbocycles. The highest BCUT2D eigenvalue weighted by atomic mass is 35.5. The fraction of sp³-hybridized carbons (Fsp3) is 0.308. The molecule has 0 amide bonds. The molecule has 3 nitrogen and oxygen atoms in total. The highest BCUT2D eigenvalue weighted by molar-refractivity contribution is 6.31. The summed E-state index contributed by atoms with van der Waals surface area (Å²) in [7, 11) is 0. The summed E-state index contributed by atoms with van der Waals surface area (Å²) in [6.07, 6.45) is 7.04. The Kier molecular flexibility index (Phi) is 3.69. The van der Waals surface area contributed by atoms with Gasteiger partial charge in [0.2, 0.25) is 0 Å². The van der Waals surface area contributed by atoms with Gasteiger partial charge in [-0.05, 0) is 43.5 Å². The van der Waals surface area contributed by atoms with E-state index in [0.717, 1.165) is 19.3 Å². The van der Waals surface area contributed by atoms with Crippen LogP contribution >= 0.6 is 11.6 Å². The van der Waals surface area contributed by atoms with Crippen LogP contribution in [0.25, 0.3) is 0 Å². The average Bonchev–Trinajstić information content (AvgIpc) is 2.32. The summed E-state index contributed by atoms with van der Waals surface area (Å²) in [6, 6.07) is 4.65. The summed E-state index contributed by atoms with van der Waals surface area (Å²) in [6.45, 7) is 0. The zero-order valence-corrected chi connectivity index (χ0v) is 9.98. The maximum atomic E-state index is 11.1. The maximum Gasteiger partial charge on any atom is 0.339 e. The molecule has 0 fully saturated rings. The molecule has 90 valence electrons. The standard InChI is InChI=1S/C13H13ClO3/c14-9-6-7-12(11(8-9)13(15)16)17-10-4-2-1-3-5-10/h2,4,6-8,10H,1,3,5H2,(H,15,16). The van der Waals surface area contributed by atoms with Crippen LogP contribution < -0.4 is 4.74 Å². The number of hydrogen-bond acceptors (Lipinski definition) is 2. The van der Waals surface area contributed by atoms with E-state index in [9.17, 15) is 4.79 Å². The minimum atomic E-state index is -1.03. The number of allylic oxidation sites excluding steroid dienone is 1. The summed E-state index contributed by atoms with van der Waals surface area (Å²) < 4.78 is 5.68. The maximum absolute atomic E-state index is 11.1. The molecule has 1 unspecified atom stereocenters. The van der Waals surface area contributed by atoms with Gasteiger partial charge in [0.1, 0.15) is 17.4 Å². The van der Waals surface area contributed by atoms with Crippen molar-refractivity contribution in [3.8, 4) is 5.75 Å². The van der Waals surface area contributed by atoms with Gasteiger partial charge in [-0.15, -0.1) is 0 Å². The van der Waals surface area contributed by atoms with E-state index in [1.54, 1.807) is 12.1 Å². The molecule has 1 aromatic rings. The summed E-state index contributed by atoms with van der Waals surface area (Å²) in [4.78, 5) is 11.1. The van der Waals surface area contributed by atoms with Gasteiger partial charge in [0, 0.05) is 5.02 Å². The molecule has 0 heterocycles. The van der Waals surface area contributed by atoms with E-state index in [0.29, 0.717) is 10.8 Å². The lowest BCUT2D eigenvalue weighted by Gasteiger charge is -2.19. The second-order valence-electron chi connectivity index (χ2n) is 3.96. The van der Waals surface area contributed by atoms with E-state index in [2.05, 4.69) is 6.08 Å². The Bertz CT molecular complexity index is 454. The number of ether oxygens (including phenoxy) is 1. The predicted molar refractivity (Wildman–Crippen MR) is 65.8 cm³/mol. The van der Waals surface area contributed by atoms with E-state index < -0.39 is 5.97 Å². The van der Waals surface area contributed by atoms with Gasteiger partial charge < -0.3 is 9.84 Å². The van der Waals surface area contributed by atoms with Crippen LogP contribution in [0.15, 0.2) is 30.4 Å². The fourth-order valence-electron chi connectivity index (χ4n) is 1.81. The van der Waals surface area contributed by atoms with Gasteiger partial charge in [0.15, 0.2) is 0 Å². The first kappa shape index (κ1) is 12.0. The van der Waals surface area contributed by atoms with Gasteiger partial charge in [-0.2, -0.15) is 0 Å². The topological polar surface area (TPSA) is 46.5 Å². The van der Waals surface area contributed by atoms with Gasteiger partial charge in [-0.1, -0.05) is 17.7 Å². The van der Waals surface area contributed by atoms with Crippen LogP contribution in [0.5, 0.6) is 5.75 Å². The van der Waals surface area contributed by atoms with Crippen molar-refractivity contribution in [3.63, 3.8) is 0 Å². The number of aromatic carboxylic acids is 1. The summed E-state index contributed by atoms with van der Waals surface area (Å²) in [5, 5.41) is 9.46. The van der Waals surface area contributed by atoms with Crippen molar-refractivity contribution in [1.82, 2.24) is 0 Å². The molecular weight excluding hydrogens is 240 g/mol. The number of halogens is 1. The van der Waals surface area contributed by atoms with Gasteiger partial charge in [0.25, 0.3) is 0 Å². The molecule has 0 aromatic heterocycles. The van der Waals surface area contributed by atoms with Gasteiger partial charge in [-0.25, -0.2) is 4.79 Å². The van der Waals surface area contributed by atoms with Crippen molar-refractivity contribution >= 4 is 17.6 Å².